The lowest BCUT2D eigenvalue weighted by Gasteiger charge is -2.51. The van der Waals surface area contributed by atoms with Gasteiger partial charge in [0.15, 0.2) is 0 Å². The predicted molar refractivity (Wildman–Crippen MR) is 116 cm³/mol. The van der Waals surface area contributed by atoms with Crippen LogP contribution in [0.25, 0.3) is 0 Å². The minimum absolute atomic E-state index is 0.0752. The van der Waals surface area contributed by atoms with Gasteiger partial charge in [-0.1, -0.05) is 42.9 Å². The Balaban J connectivity index is 1.67. The third kappa shape index (κ3) is 3.08. The number of hydrogen-bond donors (Lipinski definition) is 1. The molecule has 0 aromatic rings. The fourth-order valence-electron chi connectivity index (χ4n) is 6.46. The third-order valence-electron chi connectivity index (χ3n) is 8.22. The summed E-state index contributed by atoms with van der Waals surface area (Å²) >= 11 is 0. The van der Waals surface area contributed by atoms with Gasteiger partial charge in [0.2, 0.25) is 0 Å². The van der Waals surface area contributed by atoms with E-state index in [1.54, 1.807) is 5.57 Å². The number of aliphatic hydroxyl groups excluding tert-OH is 1. The average molecular weight is 397 g/mol. The Morgan fingerprint density at radius 2 is 2.07 bits per heavy atom. The lowest BCUT2D eigenvalue weighted by atomic mass is 9.54. The van der Waals surface area contributed by atoms with Gasteiger partial charge in [-0.2, -0.15) is 0 Å². The molecule has 4 aliphatic rings. The molecule has 3 heteroatoms. The summed E-state index contributed by atoms with van der Waals surface area (Å²) in [4.78, 5) is 12.5. The number of carbonyl (C=O) groups is 1. The summed E-state index contributed by atoms with van der Waals surface area (Å²) in [5, 5.41) is 10.4. The molecule has 5 atom stereocenters. The highest BCUT2D eigenvalue weighted by atomic mass is 16.5. The van der Waals surface area contributed by atoms with Crippen molar-refractivity contribution < 1.29 is 14.6 Å². The van der Waals surface area contributed by atoms with Gasteiger partial charge in [0, 0.05) is 11.3 Å². The van der Waals surface area contributed by atoms with E-state index < -0.39 is 5.41 Å². The van der Waals surface area contributed by atoms with E-state index in [1.165, 1.54) is 11.1 Å². The summed E-state index contributed by atoms with van der Waals surface area (Å²) in [6.07, 6.45) is 16.2. The van der Waals surface area contributed by atoms with E-state index in [4.69, 9.17) is 4.74 Å². The Morgan fingerprint density at radius 1 is 1.31 bits per heavy atom. The van der Waals surface area contributed by atoms with Crippen LogP contribution in [-0.4, -0.2) is 23.8 Å². The summed E-state index contributed by atoms with van der Waals surface area (Å²) in [5.74, 6) is 0.644. The number of allylic oxidation sites excluding steroid dienone is 7. The molecular weight excluding hydrogens is 360 g/mol. The third-order valence-corrected chi connectivity index (χ3v) is 8.22. The molecule has 0 heterocycles. The fourth-order valence-corrected chi connectivity index (χ4v) is 6.46. The zero-order valence-corrected chi connectivity index (χ0v) is 18.6. The average Bonchev–Trinajstić information content (AvgIpc) is 3.04. The summed E-state index contributed by atoms with van der Waals surface area (Å²) in [7, 11) is 0. The lowest BCUT2D eigenvalue weighted by Crippen LogP contribution is -2.45. The van der Waals surface area contributed by atoms with Crippen LogP contribution in [0.2, 0.25) is 0 Å². The highest BCUT2D eigenvalue weighted by molar-refractivity contribution is 5.75. The first kappa shape index (κ1) is 20.7. The molecule has 0 bridgehead atoms. The minimum atomic E-state index is -0.469. The molecule has 0 radical (unpaired) electrons. The maximum atomic E-state index is 12.5. The molecule has 0 aromatic carbocycles. The second kappa shape index (κ2) is 6.97. The molecule has 0 aromatic heterocycles. The minimum Gasteiger partial charge on any atom is -0.462 e. The van der Waals surface area contributed by atoms with Crippen LogP contribution in [0.15, 0.2) is 47.1 Å². The molecule has 1 unspecified atom stereocenters. The fraction of sp³-hybridized carbons (Fsp3) is 0.654. The number of ether oxygens (including phenoxy) is 1. The van der Waals surface area contributed by atoms with Crippen molar-refractivity contribution in [1.29, 1.82) is 0 Å². The second-order valence-corrected chi connectivity index (χ2v) is 10.9. The van der Waals surface area contributed by atoms with Crippen molar-refractivity contribution in [2.75, 3.05) is 6.61 Å². The summed E-state index contributed by atoms with van der Waals surface area (Å²) in [5.41, 5.74) is 3.74. The SMILES string of the molecule is CC(OC(=O)C(C)(C)C)[C@H]1CCC2=C3C=CC4=CC=CC[C@]4(CO)[C@H]3CC[C@@]21C. The highest BCUT2D eigenvalue weighted by Gasteiger charge is 2.54. The first-order chi connectivity index (χ1) is 13.6. The Morgan fingerprint density at radius 3 is 2.76 bits per heavy atom. The van der Waals surface area contributed by atoms with Crippen LogP contribution in [0, 0.1) is 28.1 Å². The van der Waals surface area contributed by atoms with Gasteiger partial charge in [-0.15, -0.1) is 0 Å². The molecule has 1 saturated carbocycles. The lowest BCUT2D eigenvalue weighted by molar-refractivity contribution is -0.162. The first-order valence-corrected chi connectivity index (χ1v) is 11.2. The van der Waals surface area contributed by atoms with Gasteiger partial charge in [0.25, 0.3) is 0 Å². The van der Waals surface area contributed by atoms with Gasteiger partial charge < -0.3 is 9.84 Å². The molecule has 0 aliphatic heterocycles. The van der Waals surface area contributed by atoms with Gasteiger partial charge in [-0.25, -0.2) is 0 Å². The first-order valence-electron chi connectivity index (χ1n) is 11.2. The number of hydrogen-bond acceptors (Lipinski definition) is 3. The van der Waals surface area contributed by atoms with Gasteiger partial charge in [-0.3, -0.25) is 4.79 Å². The van der Waals surface area contributed by atoms with Crippen LogP contribution < -0.4 is 0 Å². The van der Waals surface area contributed by atoms with E-state index in [-0.39, 0.29) is 29.5 Å². The molecular formula is C26H36O3. The predicted octanol–water partition coefficient (Wildman–Crippen LogP) is 5.52. The van der Waals surface area contributed by atoms with E-state index >= 15 is 0 Å². The molecule has 4 aliphatic carbocycles. The van der Waals surface area contributed by atoms with Crippen molar-refractivity contribution in [3.05, 3.63) is 47.1 Å². The van der Waals surface area contributed by atoms with Crippen molar-refractivity contribution in [3.63, 3.8) is 0 Å². The van der Waals surface area contributed by atoms with Gasteiger partial charge in [0.05, 0.1) is 12.0 Å². The van der Waals surface area contributed by atoms with Crippen molar-refractivity contribution in [2.24, 2.45) is 28.1 Å². The molecule has 29 heavy (non-hydrogen) atoms. The quantitative estimate of drug-likeness (QED) is 0.639. The smallest absolute Gasteiger partial charge is 0.311 e. The molecule has 4 rings (SSSR count). The van der Waals surface area contributed by atoms with E-state index in [2.05, 4.69) is 44.2 Å². The topological polar surface area (TPSA) is 46.5 Å². The van der Waals surface area contributed by atoms with E-state index in [0.29, 0.717) is 11.8 Å². The number of esters is 1. The van der Waals surface area contributed by atoms with Gasteiger partial charge in [-0.05, 0) is 82.3 Å². The van der Waals surface area contributed by atoms with Crippen LogP contribution >= 0.6 is 0 Å². The van der Waals surface area contributed by atoms with Gasteiger partial charge >= 0.3 is 5.97 Å². The van der Waals surface area contributed by atoms with Crippen LogP contribution in [0.3, 0.4) is 0 Å². The standard InChI is InChI=1S/C26H36O3/c1-17(29-23(28)24(2,3)4)20-11-12-21-19-10-9-18-8-6-7-14-26(18,16-27)22(19)13-15-25(20,21)5/h6-10,17,20,22,27H,11-16H2,1-5H3/t17?,20-,22+,25-,26-/m1/s1. The van der Waals surface area contributed by atoms with Gasteiger partial charge in [0.1, 0.15) is 6.10 Å². The monoisotopic (exact) mass is 396 g/mol. The van der Waals surface area contributed by atoms with E-state index in [0.717, 1.165) is 32.1 Å². The second-order valence-electron chi connectivity index (χ2n) is 10.9. The van der Waals surface area contributed by atoms with Crippen LogP contribution in [0.4, 0.5) is 0 Å². The maximum Gasteiger partial charge on any atom is 0.311 e. The van der Waals surface area contributed by atoms with Crippen LogP contribution in [0.1, 0.15) is 66.7 Å². The molecule has 1 N–H and O–H groups in total. The molecule has 0 spiro atoms. The summed E-state index contributed by atoms with van der Waals surface area (Å²) < 4.78 is 5.94. The molecule has 0 saturated heterocycles. The van der Waals surface area contributed by atoms with E-state index in [9.17, 15) is 9.90 Å². The number of rotatable bonds is 3. The number of aliphatic hydroxyl groups is 1. The molecule has 3 nitrogen and oxygen atoms in total. The van der Waals surface area contributed by atoms with Crippen molar-refractivity contribution in [1.82, 2.24) is 0 Å². The van der Waals surface area contributed by atoms with Crippen molar-refractivity contribution in [2.45, 2.75) is 72.8 Å². The number of carbonyl (C=O) groups excluding carboxylic acids is 1. The molecule has 158 valence electrons. The normalized spacial score (nSPS) is 36.8. The van der Waals surface area contributed by atoms with Crippen LogP contribution in [-0.2, 0) is 9.53 Å². The Labute approximate surface area is 175 Å². The van der Waals surface area contributed by atoms with Crippen molar-refractivity contribution in [3.8, 4) is 0 Å². The summed E-state index contributed by atoms with van der Waals surface area (Å²) in [6.45, 7) is 10.4. The zero-order chi connectivity index (χ0) is 21.0. The van der Waals surface area contributed by atoms with Crippen molar-refractivity contribution >= 4 is 5.97 Å². The largest absolute Gasteiger partial charge is 0.462 e. The van der Waals surface area contributed by atoms with E-state index in [1.807, 2.05) is 20.8 Å². The highest BCUT2D eigenvalue weighted by Crippen LogP contribution is 2.62. The molecule has 1 fully saturated rings. The zero-order valence-electron chi connectivity index (χ0n) is 18.6. The Bertz CT molecular complexity index is 821. The maximum absolute atomic E-state index is 12.5. The van der Waals surface area contributed by atoms with Crippen LogP contribution in [0.5, 0.6) is 0 Å². The Kier molecular flexibility index (Phi) is 4.97. The molecule has 0 amide bonds. The Hall–Kier alpha value is -1.61. The number of fused-ring (bicyclic) bond motifs is 4. The summed E-state index contributed by atoms with van der Waals surface area (Å²) in [6, 6.07) is 0.